The van der Waals surface area contributed by atoms with Gasteiger partial charge in [0.05, 0.1) is 12.6 Å². The second kappa shape index (κ2) is 14.9. The van der Waals surface area contributed by atoms with E-state index < -0.39 is 19.8 Å². The smallest absolute Gasteiger partial charge is 0.217 e. The maximum Gasteiger partial charge on any atom is 0.217 e. The lowest BCUT2D eigenvalue weighted by molar-refractivity contribution is 0.00520. The molecule has 0 unspecified atom stereocenters. The van der Waals surface area contributed by atoms with Gasteiger partial charge < -0.3 is 19.2 Å². The highest BCUT2D eigenvalue weighted by atomic mass is 28.4. The number of rotatable bonds is 14. The van der Waals surface area contributed by atoms with E-state index in [0.29, 0.717) is 18.8 Å². The summed E-state index contributed by atoms with van der Waals surface area (Å²) in [6, 6.07) is 33.7. The minimum Gasteiger partial charge on any atom is -0.481 e. The average Bonchev–Trinajstić information content (AvgIpc) is 3.06. The van der Waals surface area contributed by atoms with Crippen LogP contribution in [0.1, 0.15) is 68.2 Å². The maximum atomic E-state index is 13.3. The van der Waals surface area contributed by atoms with E-state index in [1.54, 1.807) is 7.11 Å². The van der Waals surface area contributed by atoms with Crippen molar-refractivity contribution < 1.29 is 14.3 Å². The second-order valence-electron chi connectivity index (χ2n) is 15.0. The van der Waals surface area contributed by atoms with Crippen molar-refractivity contribution in [2.75, 3.05) is 34.4 Å². The van der Waals surface area contributed by atoms with Gasteiger partial charge in [-0.1, -0.05) is 99.6 Å². The summed E-state index contributed by atoms with van der Waals surface area (Å²) >= 11 is 0. The Kier molecular flexibility index (Phi) is 11.1. The number of nitrogens with zero attached hydrogens (tertiary/aromatic N) is 2. The number of fused-ring (bicyclic) bond motifs is 2. The predicted octanol–water partition coefficient (Wildman–Crippen LogP) is 9.71. The van der Waals surface area contributed by atoms with E-state index in [1.165, 1.54) is 5.56 Å². The van der Waals surface area contributed by atoms with Crippen LogP contribution < -0.4 is 4.74 Å². The van der Waals surface area contributed by atoms with Gasteiger partial charge in [-0.05, 0) is 104 Å². The van der Waals surface area contributed by atoms with Crippen LogP contribution >= 0.6 is 0 Å². The van der Waals surface area contributed by atoms with Gasteiger partial charge in [-0.2, -0.15) is 0 Å². The van der Waals surface area contributed by atoms with Crippen molar-refractivity contribution in [3.05, 3.63) is 119 Å². The van der Waals surface area contributed by atoms with Gasteiger partial charge in [0, 0.05) is 30.0 Å². The predicted molar refractivity (Wildman–Crippen MR) is 204 cm³/mol. The molecule has 1 aromatic heterocycles. The molecule has 0 amide bonds. The molecule has 48 heavy (non-hydrogen) atoms. The van der Waals surface area contributed by atoms with Gasteiger partial charge in [-0.25, -0.2) is 4.98 Å². The maximum absolute atomic E-state index is 13.3. The van der Waals surface area contributed by atoms with Gasteiger partial charge in [0.2, 0.25) is 5.88 Å². The van der Waals surface area contributed by atoms with Gasteiger partial charge in [0.1, 0.15) is 5.60 Å². The standard InChI is InChI=1S/C42H54N2O3Si/c1-41(2,3)48(7,8)47-28-15-14-17-31-24-25-38-34(29-31)30-36(40(43-38)46-6)39(33-19-10-9-11-20-33)42(45,26-27-44(4)5)37-23-16-21-32-18-12-13-22-35(32)37/h9-13,16,18-25,29-30,39,45H,14-15,17,26-28H2,1-8H3/t39-,42-/m1/s1. The summed E-state index contributed by atoms with van der Waals surface area (Å²) in [5.41, 5.74) is 3.70. The largest absolute Gasteiger partial charge is 0.481 e. The first-order valence-electron chi connectivity index (χ1n) is 17.4. The molecule has 5 aromatic rings. The first kappa shape index (κ1) is 35.7. The van der Waals surface area contributed by atoms with Gasteiger partial charge in [-0.15, -0.1) is 0 Å². The van der Waals surface area contributed by atoms with E-state index >= 15 is 0 Å². The number of aromatic nitrogens is 1. The van der Waals surface area contributed by atoms with E-state index in [0.717, 1.165) is 64.2 Å². The van der Waals surface area contributed by atoms with Crippen molar-refractivity contribution in [3.8, 4) is 5.88 Å². The molecule has 0 saturated carbocycles. The SMILES string of the molecule is COc1nc2ccc(CCCCO[Si](C)(C)C(C)(C)C)cc2cc1[C@@H](c1ccccc1)[C@@](O)(CCN(C)C)c1cccc2ccccc12. The minimum atomic E-state index is -1.74. The van der Waals surface area contributed by atoms with Crippen LogP contribution in [0.4, 0.5) is 0 Å². The number of methoxy groups -OCH3 is 1. The number of hydrogen-bond donors (Lipinski definition) is 1. The summed E-state index contributed by atoms with van der Waals surface area (Å²) in [6.07, 6.45) is 3.60. The zero-order chi connectivity index (χ0) is 34.5. The van der Waals surface area contributed by atoms with Crippen LogP contribution in [0.15, 0.2) is 97.1 Å². The third kappa shape index (κ3) is 7.84. The fourth-order valence-electron chi connectivity index (χ4n) is 6.51. The molecule has 1 heterocycles. The quantitative estimate of drug-likeness (QED) is 0.0948. The van der Waals surface area contributed by atoms with E-state index in [9.17, 15) is 5.11 Å². The Morgan fingerprint density at radius 1 is 0.833 bits per heavy atom. The fourth-order valence-corrected chi connectivity index (χ4v) is 7.60. The van der Waals surface area contributed by atoms with Crippen molar-refractivity contribution in [2.24, 2.45) is 0 Å². The first-order chi connectivity index (χ1) is 22.8. The number of aliphatic hydroxyl groups is 1. The van der Waals surface area contributed by atoms with Crippen LogP contribution in [0, 0.1) is 0 Å². The van der Waals surface area contributed by atoms with Crippen molar-refractivity contribution in [3.63, 3.8) is 0 Å². The number of benzene rings is 4. The van der Waals surface area contributed by atoms with Crippen molar-refractivity contribution >= 4 is 30.0 Å². The molecule has 1 N–H and O–H groups in total. The van der Waals surface area contributed by atoms with Crippen LogP contribution in [0.25, 0.3) is 21.7 Å². The Hall–Kier alpha value is -3.55. The topological polar surface area (TPSA) is 54.8 Å². The molecule has 5 nitrogen and oxygen atoms in total. The Morgan fingerprint density at radius 2 is 1.54 bits per heavy atom. The molecule has 2 atom stereocenters. The van der Waals surface area contributed by atoms with Crippen molar-refractivity contribution in [1.82, 2.24) is 9.88 Å². The summed E-state index contributed by atoms with van der Waals surface area (Å²) in [6.45, 7) is 13.0. The van der Waals surface area contributed by atoms with Gasteiger partial charge in [0.25, 0.3) is 0 Å². The zero-order valence-corrected chi connectivity index (χ0v) is 31.2. The van der Waals surface area contributed by atoms with Crippen LogP contribution in [-0.4, -0.2) is 57.7 Å². The summed E-state index contributed by atoms with van der Waals surface area (Å²) in [5.74, 6) is 0.0999. The molecule has 0 spiro atoms. The molecule has 0 radical (unpaired) electrons. The normalized spacial score (nSPS) is 14.4. The number of pyridine rings is 1. The monoisotopic (exact) mass is 662 g/mol. The lowest BCUT2D eigenvalue weighted by Gasteiger charge is -2.39. The molecule has 0 aliphatic heterocycles. The Morgan fingerprint density at radius 3 is 2.25 bits per heavy atom. The summed E-state index contributed by atoms with van der Waals surface area (Å²) < 4.78 is 12.5. The van der Waals surface area contributed by atoms with Crippen LogP contribution in [0.2, 0.25) is 18.1 Å². The van der Waals surface area contributed by atoms with Crippen LogP contribution in [0.5, 0.6) is 5.88 Å². The highest BCUT2D eigenvalue weighted by Crippen LogP contribution is 2.49. The van der Waals surface area contributed by atoms with Crippen molar-refractivity contribution in [2.45, 2.75) is 76.1 Å². The third-order valence-corrected chi connectivity index (χ3v) is 14.8. The average molecular weight is 663 g/mol. The fraction of sp³-hybridized carbons (Fsp3) is 0.405. The summed E-state index contributed by atoms with van der Waals surface area (Å²) in [5, 5.41) is 16.7. The van der Waals surface area contributed by atoms with E-state index in [4.69, 9.17) is 14.1 Å². The Bertz CT molecular complexity index is 1810. The van der Waals surface area contributed by atoms with Gasteiger partial charge in [-0.3, -0.25) is 0 Å². The van der Waals surface area contributed by atoms with Gasteiger partial charge in [0.15, 0.2) is 8.32 Å². The first-order valence-corrected chi connectivity index (χ1v) is 20.3. The van der Waals surface area contributed by atoms with E-state index in [1.807, 2.05) is 18.2 Å². The second-order valence-corrected chi connectivity index (χ2v) is 19.8. The highest BCUT2D eigenvalue weighted by molar-refractivity contribution is 6.74. The molecule has 0 bridgehead atoms. The molecule has 4 aromatic carbocycles. The highest BCUT2D eigenvalue weighted by Gasteiger charge is 2.43. The van der Waals surface area contributed by atoms with E-state index in [2.05, 4.69) is 132 Å². The minimum absolute atomic E-state index is 0.223. The Labute approximate surface area is 289 Å². The Balaban J connectivity index is 1.57. The molecular weight excluding hydrogens is 609 g/mol. The number of aryl methyl sites for hydroxylation is 1. The van der Waals surface area contributed by atoms with Crippen LogP contribution in [0.3, 0.4) is 0 Å². The molecular formula is C42H54N2O3Si. The molecule has 0 aliphatic rings. The molecule has 0 fully saturated rings. The summed E-state index contributed by atoms with van der Waals surface area (Å²) in [4.78, 5) is 7.18. The summed E-state index contributed by atoms with van der Waals surface area (Å²) in [7, 11) is 4.05. The third-order valence-electron chi connectivity index (χ3n) is 10.3. The lowest BCUT2D eigenvalue weighted by Crippen LogP contribution is -2.40. The zero-order valence-electron chi connectivity index (χ0n) is 30.2. The van der Waals surface area contributed by atoms with Crippen molar-refractivity contribution in [1.29, 1.82) is 0 Å². The van der Waals surface area contributed by atoms with Crippen LogP contribution in [-0.2, 0) is 16.4 Å². The van der Waals surface area contributed by atoms with Gasteiger partial charge >= 0.3 is 0 Å². The number of unbranched alkanes of at least 4 members (excludes halogenated alkanes) is 1. The molecule has 0 aliphatic carbocycles. The molecule has 254 valence electrons. The molecule has 0 saturated heterocycles. The van der Waals surface area contributed by atoms with E-state index in [-0.39, 0.29) is 5.04 Å². The lowest BCUT2D eigenvalue weighted by atomic mass is 9.70. The number of ether oxygens (including phenoxy) is 1. The number of hydrogen-bond acceptors (Lipinski definition) is 5. The molecule has 6 heteroatoms. The molecule has 5 rings (SSSR count).